The fourth-order valence-corrected chi connectivity index (χ4v) is 5.36. The van der Waals surface area contributed by atoms with E-state index in [0.717, 1.165) is 29.7 Å². The summed E-state index contributed by atoms with van der Waals surface area (Å²) < 4.78 is 67.0. The molecule has 0 aliphatic heterocycles. The Kier molecular flexibility index (Phi) is 13.1. The number of thiazole rings is 1. The third kappa shape index (κ3) is 11.7. The average molecular weight is 763 g/mol. The van der Waals surface area contributed by atoms with Crippen LogP contribution in [0.3, 0.4) is 0 Å². The number of anilines is 3. The number of hydrogen-bond donors (Lipinski definition) is 5. The molecule has 0 saturated heterocycles. The Balaban J connectivity index is 0.000000450. The standard InChI is InChI=1S/C31H32N6O3S.C4F6O2/c1-19-10-11-22(29(39)35-23-12-13-23)17-25(19)36-31-37-27(21-8-5-9-24(16-21)34-26(38)14-15-32)28(41-31)30(40)33-18-20-6-3-2-4-7-20;5-3(6,7)1(11)2(12)4(8,9)10/h2-11,16-17,23H,12-15,18,32H2,1H3,(H,33,40)(H,34,38)(H,35,39)(H,36,37);. The third-order valence-electron chi connectivity index (χ3n) is 7.30. The molecule has 5 rings (SSSR count). The van der Waals surface area contributed by atoms with Crippen molar-refractivity contribution < 1.29 is 50.3 Å². The minimum atomic E-state index is -5.77. The molecular weight excluding hydrogens is 730 g/mol. The van der Waals surface area contributed by atoms with Crippen LogP contribution in [-0.2, 0) is 20.9 Å². The monoisotopic (exact) mass is 762 g/mol. The van der Waals surface area contributed by atoms with Crippen molar-refractivity contribution in [3.63, 3.8) is 0 Å². The van der Waals surface area contributed by atoms with Crippen molar-refractivity contribution in [3.8, 4) is 11.3 Å². The lowest BCUT2D eigenvalue weighted by atomic mass is 10.1. The lowest BCUT2D eigenvalue weighted by molar-refractivity contribution is -0.193. The van der Waals surface area contributed by atoms with Gasteiger partial charge in [-0.3, -0.25) is 24.0 Å². The Morgan fingerprint density at radius 1 is 0.849 bits per heavy atom. The lowest BCUT2D eigenvalue weighted by Crippen LogP contribution is -2.39. The normalized spacial score (nSPS) is 12.5. The molecule has 1 aliphatic rings. The van der Waals surface area contributed by atoms with Crippen LogP contribution < -0.4 is 27.0 Å². The molecular formula is C35H32F6N6O5S. The van der Waals surface area contributed by atoms with Gasteiger partial charge in [-0.15, -0.1) is 0 Å². The molecule has 3 amide bonds. The van der Waals surface area contributed by atoms with E-state index in [1.54, 1.807) is 30.3 Å². The predicted octanol–water partition coefficient (Wildman–Crippen LogP) is 6.22. The van der Waals surface area contributed by atoms with Crippen LogP contribution in [0.2, 0.25) is 0 Å². The number of nitrogens with two attached hydrogens (primary N) is 1. The van der Waals surface area contributed by atoms with E-state index in [1.807, 2.05) is 49.4 Å². The summed E-state index contributed by atoms with van der Waals surface area (Å²) >= 11 is 1.23. The Labute approximate surface area is 302 Å². The number of Topliss-reactive ketones (excluding diaryl/α,β-unsaturated/α-hetero) is 2. The maximum atomic E-state index is 13.4. The molecule has 3 aromatic carbocycles. The van der Waals surface area contributed by atoms with Crippen molar-refractivity contribution in [3.05, 3.63) is 94.4 Å². The van der Waals surface area contributed by atoms with E-state index in [9.17, 15) is 50.3 Å². The van der Waals surface area contributed by atoms with Crippen LogP contribution in [0.5, 0.6) is 0 Å². The molecule has 280 valence electrons. The summed E-state index contributed by atoms with van der Waals surface area (Å²) in [6.07, 6.45) is -9.31. The molecule has 1 saturated carbocycles. The topological polar surface area (TPSA) is 172 Å². The van der Waals surface area contributed by atoms with Gasteiger partial charge in [0.15, 0.2) is 5.13 Å². The minimum Gasteiger partial charge on any atom is -0.349 e. The molecule has 4 aromatic rings. The second kappa shape index (κ2) is 17.3. The zero-order valence-electron chi connectivity index (χ0n) is 27.8. The summed E-state index contributed by atoms with van der Waals surface area (Å²) in [7, 11) is 0. The number of hydrogen-bond acceptors (Lipinski definition) is 9. The molecule has 1 heterocycles. The number of rotatable bonds is 12. The molecule has 18 heteroatoms. The van der Waals surface area contributed by atoms with Gasteiger partial charge in [0.25, 0.3) is 11.8 Å². The maximum Gasteiger partial charge on any atom is 0.458 e. The first-order valence-corrected chi connectivity index (χ1v) is 16.6. The van der Waals surface area contributed by atoms with Crippen LogP contribution in [-0.4, -0.2) is 59.2 Å². The number of halogens is 6. The molecule has 53 heavy (non-hydrogen) atoms. The van der Waals surface area contributed by atoms with Crippen molar-refractivity contribution in [2.24, 2.45) is 5.73 Å². The van der Waals surface area contributed by atoms with E-state index < -0.39 is 23.9 Å². The Morgan fingerprint density at radius 3 is 2.11 bits per heavy atom. The Morgan fingerprint density at radius 2 is 1.51 bits per heavy atom. The predicted molar refractivity (Wildman–Crippen MR) is 185 cm³/mol. The van der Waals surface area contributed by atoms with E-state index >= 15 is 0 Å². The Hall–Kier alpha value is -5.62. The number of aromatic nitrogens is 1. The second-order valence-electron chi connectivity index (χ2n) is 11.6. The molecule has 0 spiro atoms. The highest BCUT2D eigenvalue weighted by molar-refractivity contribution is 7.18. The van der Waals surface area contributed by atoms with E-state index in [2.05, 4.69) is 21.3 Å². The van der Waals surface area contributed by atoms with Gasteiger partial charge in [0.1, 0.15) is 4.88 Å². The van der Waals surface area contributed by atoms with Gasteiger partial charge in [0.05, 0.1) is 5.69 Å². The summed E-state index contributed by atoms with van der Waals surface area (Å²) in [6.45, 7) is 2.56. The van der Waals surface area contributed by atoms with Gasteiger partial charge >= 0.3 is 23.9 Å². The average Bonchev–Trinajstić information content (AvgIpc) is 3.82. The van der Waals surface area contributed by atoms with Crippen LogP contribution in [0.4, 0.5) is 42.8 Å². The summed E-state index contributed by atoms with van der Waals surface area (Å²) in [5.74, 6) is -7.37. The molecule has 1 fully saturated rings. The quantitative estimate of drug-likeness (QED) is 0.0836. The molecule has 6 N–H and O–H groups in total. The Bertz CT molecular complexity index is 1960. The highest BCUT2D eigenvalue weighted by atomic mass is 32.1. The van der Waals surface area contributed by atoms with Gasteiger partial charge in [-0.05, 0) is 55.2 Å². The first-order chi connectivity index (χ1) is 25.0. The number of carbonyl (C=O) groups is 5. The maximum absolute atomic E-state index is 13.4. The van der Waals surface area contributed by atoms with Gasteiger partial charge in [-0.2, -0.15) is 26.3 Å². The summed E-state index contributed by atoms with van der Waals surface area (Å²) in [5.41, 5.74) is 10.5. The number of carbonyl (C=O) groups excluding carboxylic acids is 5. The summed E-state index contributed by atoms with van der Waals surface area (Å²) in [4.78, 5) is 62.7. The smallest absolute Gasteiger partial charge is 0.349 e. The SMILES string of the molecule is Cc1ccc(C(=O)NC2CC2)cc1Nc1nc(-c2cccc(NC(=O)CCN)c2)c(C(=O)NCc2ccccc2)s1.O=C(C(=O)C(F)(F)F)C(F)(F)F. The minimum absolute atomic E-state index is 0.107. The highest BCUT2D eigenvalue weighted by Gasteiger charge is 2.54. The van der Waals surface area contributed by atoms with Gasteiger partial charge in [-0.1, -0.05) is 59.9 Å². The van der Waals surface area contributed by atoms with Gasteiger partial charge in [0.2, 0.25) is 5.91 Å². The van der Waals surface area contributed by atoms with E-state index in [-0.39, 0.29) is 36.7 Å². The molecule has 1 aliphatic carbocycles. The number of benzene rings is 3. The van der Waals surface area contributed by atoms with Crippen molar-refractivity contribution >= 4 is 57.1 Å². The van der Waals surface area contributed by atoms with Crippen LogP contribution >= 0.6 is 11.3 Å². The first-order valence-electron chi connectivity index (χ1n) is 15.8. The highest BCUT2D eigenvalue weighted by Crippen LogP contribution is 2.35. The summed E-state index contributed by atoms with van der Waals surface area (Å²) in [6, 6.07) is 22.6. The zero-order valence-corrected chi connectivity index (χ0v) is 28.6. The van der Waals surface area contributed by atoms with Crippen molar-refractivity contribution in [2.45, 2.75) is 51.1 Å². The van der Waals surface area contributed by atoms with Crippen LogP contribution in [0.1, 0.15) is 50.4 Å². The number of nitrogens with zero attached hydrogens (tertiary/aromatic N) is 1. The number of nitrogens with one attached hydrogen (secondary N) is 4. The first kappa shape index (κ1) is 40.2. The molecule has 1 aromatic heterocycles. The van der Waals surface area contributed by atoms with E-state index in [0.29, 0.717) is 39.1 Å². The van der Waals surface area contributed by atoms with Crippen LogP contribution in [0.25, 0.3) is 11.3 Å². The molecule has 0 bridgehead atoms. The van der Waals surface area contributed by atoms with Crippen LogP contribution in [0, 0.1) is 6.92 Å². The fourth-order valence-electron chi connectivity index (χ4n) is 4.45. The van der Waals surface area contributed by atoms with Gasteiger partial charge in [-0.25, -0.2) is 4.98 Å². The van der Waals surface area contributed by atoms with Crippen molar-refractivity contribution in [2.75, 3.05) is 17.2 Å². The summed E-state index contributed by atoms with van der Waals surface area (Å²) in [5, 5.41) is 12.7. The van der Waals surface area contributed by atoms with Crippen molar-refractivity contribution in [1.29, 1.82) is 0 Å². The molecule has 0 radical (unpaired) electrons. The molecule has 11 nitrogen and oxygen atoms in total. The number of amides is 3. The van der Waals surface area contributed by atoms with Crippen LogP contribution in [0.15, 0.2) is 72.8 Å². The largest absolute Gasteiger partial charge is 0.458 e. The van der Waals surface area contributed by atoms with E-state index in [4.69, 9.17) is 10.7 Å². The van der Waals surface area contributed by atoms with Gasteiger partial charge < -0.3 is 27.0 Å². The second-order valence-corrected chi connectivity index (χ2v) is 12.6. The zero-order chi connectivity index (χ0) is 38.9. The lowest BCUT2D eigenvalue weighted by Gasteiger charge is -2.10. The molecule has 0 atom stereocenters. The van der Waals surface area contributed by atoms with E-state index in [1.165, 1.54) is 11.3 Å². The number of aryl methyl sites for hydroxylation is 1. The third-order valence-corrected chi connectivity index (χ3v) is 8.27. The van der Waals surface area contributed by atoms with Crippen molar-refractivity contribution in [1.82, 2.24) is 15.6 Å². The molecule has 0 unspecified atom stereocenters. The number of ketones is 2. The van der Waals surface area contributed by atoms with Gasteiger partial charge in [0, 0.05) is 48.1 Å². The fraction of sp³-hybridized carbons (Fsp3) is 0.257. The number of alkyl halides is 6.